The van der Waals surface area contributed by atoms with Gasteiger partial charge in [0.15, 0.2) is 0 Å². The lowest BCUT2D eigenvalue weighted by Crippen LogP contribution is -2.44. The molecule has 4 aliphatic rings. The molecule has 0 aromatic heterocycles. The van der Waals surface area contributed by atoms with Crippen molar-refractivity contribution in [3.05, 3.63) is 12.7 Å². The van der Waals surface area contributed by atoms with Gasteiger partial charge in [0.1, 0.15) is 6.54 Å². The van der Waals surface area contributed by atoms with Crippen molar-refractivity contribution in [3.63, 3.8) is 0 Å². The summed E-state index contributed by atoms with van der Waals surface area (Å²) in [5.74, 6) is -0.763. The average molecular weight is 508 g/mol. The van der Waals surface area contributed by atoms with Gasteiger partial charge in [-0.1, -0.05) is 6.58 Å². The monoisotopic (exact) mass is 507 g/mol. The highest BCUT2D eigenvalue weighted by atomic mass is 16.6. The van der Waals surface area contributed by atoms with Gasteiger partial charge in [-0.05, 0) is 47.1 Å². The van der Waals surface area contributed by atoms with E-state index >= 15 is 0 Å². The second-order valence-corrected chi connectivity index (χ2v) is 9.98. The lowest BCUT2D eigenvalue weighted by molar-refractivity contribution is -0.141. The zero-order valence-corrected chi connectivity index (χ0v) is 21.8. The van der Waals surface area contributed by atoms with Crippen molar-refractivity contribution in [2.24, 2.45) is 10.8 Å². The van der Waals surface area contributed by atoms with Crippen LogP contribution in [0.3, 0.4) is 0 Å². The highest BCUT2D eigenvalue weighted by Gasteiger charge is 2.76. The van der Waals surface area contributed by atoms with Crippen molar-refractivity contribution in [1.29, 1.82) is 0 Å². The predicted molar refractivity (Wildman–Crippen MR) is 125 cm³/mol. The lowest BCUT2D eigenvalue weighted by Gasteiger charge is -2.15. The zero-order valence-electron chi connectivity index (χ0n) is 21.8. The fourth-order valence-electron chi connectivity index (χ4n) is 4.04. The molecule has 3 aliphatic heterocycles. The Kier molecular flexibility index (Phi) is 7.40. The highest BCUT2D eigenvalue weighted by molar-refractivity contribution is 6.13. The highest BCUT2D eigenvalue weighted by Crippen LogP contribution is 2.68. The second kappa shape index (κ2) is 9.36. The Balaban J connectivity index is 0.000000192. The maximum Gasteiger partial charge on any atom is 0.417 e. The number of amides is 9. The van der Waals surface area contributed by atoms with Crippen LogP contribution in [0.5, 0.6) is 0 Å². The molecule has 13 heteroatoms. The molecule has 36 heavy (non-hydrogen) atoms. The minimum Gasteiger partial charge on any atom is -0.428 e. The Bertz CT molecular complexity index is 1030. The summed E-state index contributed by atoms with van der Waals surface area (Å²) in [6.45, 7) is 12.0. The third-order valence-electron chi connectivity index (χ3n) is 6.89. The van der Waals surface area contributed by atoms with Crippen molar-refractivity contribution in [1.82, 2.24) is 24.9 Å². The molecule has 3 unspecified atom stereocenters. The molecule has 0 aromatic carbocycles. The van der Waals surface area contributed by atoms with Gasteiger partial charge in [0.25, 0.3) is 11.8 Å². The zero-order chi connectivity index (χ0) is 28.0. The van der Waals surface area contributed by atoms with Crippen LogP contribution in [-0.4, -0.2) is 101 Å². The van der Waals surface area contributed by atoms with Gasteiger partial charge in [-0.25, -0.2) is 24.2 Å². The van der Waals surface area contributed by atoms with Gasteiger partial charge in [-0.2, -0.15) is 0 Å². The maximum absolute atomic E-state index is 11.4. The van der Waals surface area contributed by atoms with Gasteiger partial charge in [0.05, 0.1) is 10.8 Å². The molecule has 3 heterocycles. The molecule has 3 atom stereocenters. The van der Waals surface area contributed by atoms with Gasteiger partial charge in [-0.15, -0.1) is 0 Å². The number of nitrogens with one attached hydrogen (secondary N) is 1. The molecule has 198 valence electrons. The van der Waals surface area contributed by atoms with Gasteiger partial charge >= 0.3 is 18.2 Å². The van der Waals surface area contributed by atoms with E-state index in [1.807, 2.05) is 13.8 Å². The maximum atomic E-state index is 11.4. The Morgan fingerprint density at radius 3 is 1.67 bits per heavy atom. The number of likely N-dealkylation sites (N-methyl/N-ethyl adjacent to an activating group) is 2. The first kappa shape index (κ1) is 28.5. The minimum atomic E-state index is -1.16. The number of hydrogen-bond acceptors (Lipinski definition) is 8. The van der Waals surface area contributed by atoms with Crippen LogP contribution in [0.1, 0.15) is 41.0 Å². The number of ether oxygens (including phenoxy) is 1. The number of rotatable bonds is 2. The summed E-state index contributed by atoms with van der Waals surface area (Å²) in [6, 6.07) is -1.16. The standard InChI is InChI=1S/C8H13N3O3.C8H11NO2.C7H9NO3/c1-5(2)9-7(13)11-4-6(12)10(3)8(11)14;1-7-4-8(7,2)6(11)9(3)5(7)10;1-4-7(2)5(9)8(3)6(10)11-7/h5H,4H2,1-3H3,(H,9,13);4H2,1-3H3;4H,1H2,2-3H3. The molecular weight excluding hydrogens is 474 g/mol. The number of urea groups is 2. The molecule has 0 spiro atoms. The molecule has 9 amide bonds. The van der Waals surface area contributed by atoms with Crippen LogP contribution in [0, 0.1) is 10.8 Å². The summed E-state index contributed by atoms with van der Waals surface area (Å²) < 4.78 is 4.74. The fraction of sp³-hybridized carbons (Fsp3) is 0.609. The smallest absolute Gasteiger partial charge is 0.417 e. The molecule has 3 saturated heterocycles. The number of fused-ring (bicyclic) bond motifs is 1. The van der Waals surface area contributed by atoms with E-state index in [-0.39, 0.29) is 47.0 Å². The summed E-state index contributed by atoms with van der Waals surface area (Å²) in [5, 5.41) is 2.54. The lowest BCUT2D eigenvalue weighted by atomic mass is 10.00. The van der Waals surface area contributed by atoms with Crippen molar-refractivity contribution < 1.29 is 38.3 Å². The summed E-state index contributed by atoms with van der Waals surface area (Å²) in [6.07, 6.45) is 1.43. The number of piperidine rings is 1. The Hall–Kier alpha value is -3.77. The average Bonchev–Trinajstić information content (AvgIpc) is 3.17. The number of nitrogens with zero attached hydrogens (tertiary/aromatic N) is 4. The van der Waals surface area contributed by atoms with E-state index in [2.05, 4.69) is 11.9 Å². The van der Waals surface area contributed by atoms with Gasteiger partial charge < -0.3 is 10.1 Å². The molecule has 4 fully saturated rings. The van der Waals surface area contributed by atoms with Crippen molar-refractivity contribution in [2.75, 3.05) is 27.7 Å². The number of carbonyl (C=O) groups is 7. The third kappa shape index (κ3) is 4.56. The van der Waals surface area contributed by atoms with E-state index in [0.717, 1.165) is 21.1 Å². The van der Waals surface area contributed by atoms with Crippen molar-refractivity contribution in [3.8, 4) is 0 Å². The third-order valence-corrected chi connectivity index (χ3v) is 6.89. The first-order valence-electron chi connectivity index (χ1n) is 11.2. The molecule has 13 nitrogen and oxygen atoms in total. The molecule has 1 N–H and O–H groups in total. The van der Waals surface area contributed by atoms with Crippen molar-refractivity contribution in [2.45, 2.75) is 52.7 Å². The van der Waals surface area contributed by atoms with Gasteiger partial charge in [0, 0.05) is 27.2 Å². The van der Waals surface area contributed by atoms with Crippen LogP contribution in [0.15, 0.2) is 12.7 Å². The summed E-state index contributed by atoms with van der Waals surface area (Å²) in [5.41, 5.74) is -1.89. The second-order valence-electron chi connectivity index (χ2n) is 9.98. The Morgan fingerprint density at radius 2 is 1.42 bits per heavy atom. The topological polar surface area (TPSA) is 154 Å². The first-order chi connectivity index (χ1) is 16.4. The van der Waals surface area contributed by atoms with Crippen LogP contribution >= 0.6 is 0 Å². The number of likely N-dealkylation sites (tertiary alicyclic amines) is 1. The summed E-state index contributed by atoms with van der Waals surface area (Å²) >= 11 is 0. The number of carbonyl (C=O) groups excluding carboxylic acids is 7. The van der Waals surface area contributed by atoms with E-state index in [1.165, 1.54) is 32.0 Å². The van der Waals surface area contributed by atoms with Crippen LogP contribution in [0.2, 0.25) is 0 Å². The quantitative estimate of drug-likeness (QED) is 0.329. The van der Waals surface area contributed by atoms with E-state index < -0.39 is 23.8 Å². The normalized spacial score (nSPS) is 30.6. The van der Waals surface area contributed by atoms with E-state index in [1.54, 1.807) is 20.9 Å². The summed E-state index contributed by atoms with van der Waals surface area (Å²) in [7, 11) is 4.29. The van der Waals surface area contributed by atoms with Gasteiger partial charge in [-0.3, -0.25) is 29.0 Å². The summed E-state index contributed by atoms with van der Waals surface area (Å²) in [4.78, 5) is 82.5. The first-order valence-corrected chi connectivity index (χ1v) is 11.2. The van der Waals surface area contributed by atoms with E-state index in [4.69, 9.17) is 4.74 Å². The molecular formula is C23H33N5O8. The Labute approximate surface area is 209 Å². The van der Waals surface area contributed by atoms with Gasteiger partial charge in [0.2, 0.25) is 17.4 Å². The molecule has 1 saturated carbocycles. The van der Waals surface area contributed by atoms with Crippen LogP contribution in [-0.2, 0) is 23.9 Å². The fourth-order valence-corrected chi connectivity index (χ4v) is 4.04. The SMILES string of the molecule is C=CC1(C)OC(=O)N(C)C1=O.CC(C)NC(=O)N1CC(=O)N(C)C1=O.CN1C(=O)C2(C)CC2(C)C1=O. The molecule has 0 radical (unpaired) electrons. The minimum absolute atomic E-state index is 0.00926. The molecule has 0 bridgehead atoms. The predicted octanol–water partition coefficient (Wildman–Crippen LogP) is 0.939. The molecule has 4 rings (SSSR count). The van der Waals surface area contributed by atoms with Crippen LogP contribution in [0.4, 0.5) is 14.4 Å². The number of cyclic esters (lactones) is 1. The Morgan fingerprint density at radius 1 is 0.917 bits per heavy atom. The number of hydrogen-bond donors (Lipinski definition) is 1. The molecule has 1 aliphatic carbocycles. The molecule has 0 aromatic rings. The largest absolute Gasteiger partial charge is 0.428 e. The van der Waals surface area contributed by atoms with Crippen molar-refractivity contribution >= 4 is 41.8 Å². The number of imide groups is 4. The van der Waals surface area contributed by atoms with Crippen LogP contribution in [0.25, 0.3) is 0 Å². The van der Waals surface area contributed by atoms with Crippen LogP contribution < -0.4 is 5.32 Å². The van der Waals surface area contributed by atoms with E-state index in [0.29, 0.717) is 0 Å². The van der Waals surface area contributed by atoms with E-state index in [9.17, 15) is 33.6 Å².